The van der Waals surface area contributed by atoms with E-state index in [1.165, 1.54) is 10.4 Å². The SMILES string of the molecule is CC(C)(C)C(C=O)NC(=O)COCCOc1ccc(-c2ccc(C=O)cc2)cc1.CO.Cc1ncsc1-c1ccc(CNC(=O)C2CCCN2C)cc1. The van der Waals surface area contributed by atoms with Crippen LogP contribution in [-0.2, 0) is 25.7 Å². The Morgan fingerprint density at radius 2 is 1.58 bits per heavy atom. The highest BCUT2D eigenvalue weighted by Gasteiger charge is 2.27. The number of likely N-dealkylation sites (tertiary alicyclic amines) is 1. The number of aromatic nitrogens is 1. The van der Waals surface area contributed by atoms with Crippen molar-refractivity contribution in [1.29, 1.82) is 0 Å². The molecule has 5 rings (SSSR count). The predicted octanol–water partition coefficient (Wildman–Crippen LogP) is 5.73. The topological polar surface area (TPSA) is 147 Å². The van der Waals surface area contributed by atoms with Crippen molar-refractivity contribution in [2.24, 2.45) is 5.41 Å². The van der Waals surface area contributed by atoms with Gasteiger partial charge in [-0.1, -0.05) is 81.4 Å². The summed E-state index contributed by atoms with van der Waals surface area (Å²) in [5.41, 5.74) is 7.58. The summed E-state index contributed by atoms with van der Waals surface area (Å²) in [5, 5.41) is 12.7. The molecule has 11 nitrogen and oxygen atoms in total. The third-order valence-corrected chi connectivity index (χ3v) is 9.58. The fourth-order valence-corrected chi connectivity index (χ4v) is 6.26. The quantitative estimate of drug-likeness (QED) is 0.109. The van der Waals surface area contributed by atoms with Gasteiger partial charge in [0.05, 0.1) is 34.8 Å². The molecule has 0 bridgehead atoms. The van der Waals surface area contributed by atoms with Gasteiger partial charge >= 0.3 is 0 Å². The number of aldehydes is 2. The van der Waals surface area contributed by atoms with E-state index >= 15 is 0 Å². The van der Waals surface area contributed by atoms with Crippen LogP contribution in [0.5, 0.6) is 5.75 Å². The van der Waals surface area contributed by atoms with Crippen LogP contribution in [0, 0.1) is 12.3 Å². The van der Waals surface area contributed by atoms with Crippen LogP contribution < -0.4 is 15.4 Å². The second kappa shape index (κ2) is 21.7. The predicted molar refractivity (Wildman–Crippen MR) is 209 cm³/mol. The molecule has 3 N–H and O–H groups in total. The van der Waals surface area contributed by atoms with E-state index in [-0.39, 0.29) is 36.5 Å². The third-order valence-electron chi connectivity index (χ3n) is 8.60. The van der Waals surface area contributed by atoms with E-state index in [4.69, 9.17) is 14.6 Å². The fraction of sp³-hybridized carbons (Fsp3) is 0.390. The molecule has 2 heterocycles. The number of thiazole rings is 1. The second-order valence-electron chi connectivity index (χ2n) is 13.5. The highest BCUT2D eigenvalue weighted by molar-refractivity contribution is 7.13. The average molecular weight is 745 g/mol. The highest BCUT2D eigenvalue weighted by Crippen LogP contribution is 2.27. The molecular weight excluding hydrogens is 693 g/mol. The zero-order valence-electron chi connectivity index (χ0n) is 31.5. The van der Waals surface area contributed by atoms with Crippen LogP contribution in [0.4, 0.5) is 0 Å². The van der Waals surface area contributed by atoms with Gasteiger partial charge in [-0.3, -0.25) is 19.3 Å². The molecular formula is C41H52N4O7S. The van der Waals surface area contributed by atoms with Crippen LogP contribution in [0.1, 0.15) is 55.2 Å². The van der Waals surface area contributed by atoms with Gasteiger partial charge in [-0.2, -0.15) is 0 Å². The Hall–Kier alpha value is -4.75. The number of benzene rings is 3. The van der Waals surface area contributed by atoms with E-state index in [1.807, 2.05) is 76.7 Å². The molecule has 0 aliphatic carbocycles. The number of likely N-dealkylation sites (N-methyl/N-ethyl adjacent to an activating group) is 1. The molecule has 1 fully saturated rings. The summed E-state index contributed by atoms with van der Waals surface area (Å²) in [5.74, 6) is 0.504. The van der Waals surface area contributed by atoms with Crippen molar-refractivity contribution in [2.75, 3.05) is 40.5 Å². The Morgan fingerprint density at radius 3 is 2.11 bits per heavy atom. The second-order valence-corrected chi connectivity index (χ2v) is 14.4. The number of carbonyl (C=O) groups is 4. The molecule has 1 aliphatic heterocycles. The van der Waals surface area contributed by atoms with E-state index in [1.54, 1.807) is 23.5 Å². The zero-order chi connectivity index (χ0) is 38.8. The molecule has 2 unspecified atom stereocenters. The molecule has 0 saturated carbocycles. The summed E-state index contributed by atoms with van der Waals surface area (Å²) >= 11 is 1.66. The normalized spacial score (nSPS) is 14.4. The van der Waals surface area contributed by atoms with Crippen molar-refractivity contribution in [1.82, 2.24) is 20.5 Å². The molecule has 3 aromatic carbocycles. The summed E-state index contributed by atoms with van der Waals surface area (Å²) < 4.78 is 10.9. The lowest BCUT2D eigenvalue weighted by molar-refractivity contribution is -0.129. The number of amides is 2. The van der Waals surface area contributed by atoms with E-state index in [2.05, 4.69) is 44.8 Å². The van der Waals surface area contributed by atoms with Gasteiger partial charge in [0.2, 0.25) is 11.8 Å². The van der Waals surface area contributed by atoms with Crippen LogP contribution in [0.3, 0.4) is 0 Å². The molecule has 53 heavy (non-hydrogen) atoms. The number of hydrogen-bond donors (Lipinski definition) is 3. The number of aliphatic hydroxyl groups is 1. The van der Waals surface area contributed by atoms with E-state index in [9.17, 15) is 19.2 Å². The van der Waals surface area contributed by atoms with Crippen LogP contribution in [-0.4, -0.2) is 92.0 Å². The molecule has 2 atom stereocenters. The van der Waals surface area contributed by atoms with Gasteiger partial charge < -0.3 is 30.0 Å². The Bertz CT molecular complexity index is 1720. The molecule has 1 aromatic heterocycles. The van der Waals surface area contributed by atoms with Gasteiger partial charge in [-0.05, 0) is 73.2 Å². The van der Waals surface area contributed by atoms with E-state index in [0.29, 0.717) is 24.5 Å². The number of aryl methyl sites for hydroxylation is 1. The minimum absolute atomic E-state index is 0.0408. The number of aliphatic hydroxyl groups excluding tert-OH is 1. The van der Waals surface area contributed by atoms with Gasteiger partial charge in [-0.25, -0.2) is 4.98 Å². The first-order valence-electron chi connectivity index (χ1n) is 17.5. The third kappa shape index (κ3) is 13.6. The number of carbonyl (C=O) groups excluding carboxylic acids is 4. The summed E-state index contributed by atoms with van der Waals surface area (Å²) in [4.78, 5) is 53.4. The van der Waals surface area contributed by atoms with Crippen LogP contribution >= 0.6 is 11.3 Å². The van der Waals surface area contributed by atoms with Gasteiger partial charge in [-0.15, -0.1) is 11.3 Å². The van der Waals surface area contributed by atoms with Gasteiger partial charge in [0.15, 0.2) is 0 Å². The smallest absolute Gasteiger partial charge is 0.246 e. The fourth-order valence-electron chi connectivity index (χ4n) is 5.45. The molecule has 284 valence electrons. The first-order valence-corrected chi connectivity index (χ1v) is 18.4. The summed E-state index contributed by atoms with van der Waals surface area (Å²) in [6.07, 6.45) is 3.63. The molecule has 2 amide bonds. The van der Waals surface area contributed by atoms with Crippen molar-refractivity contribution in [3.8, 4) is 27.3 Å². The minimum atomic E-state index is -0.553. The molecule has 1 saturated heterocycles. The Morgan fingerprint density at radius 1 is 0.962 bits per heavy atom. The first-order chi connectivity index (χ1) is 25.5. The first kappa shape index (κ1) is 42.7. The number of hydrogen-bond acceptors (Lipinski definition) is 10. The molecule has 0 radical (unpaired) electrons. The lowest BCUT2D eigenvalue weighted by atomic mass is 9.88. The maximum absolute atomic E-state index is 12.2. The zero-order valence-corrected chi connectivity index (χ0v) is 32.3. The van der Waals surface area contributed by atoms with Crippen LogP contribution in [0.2, 0.25) is 0 Å². The Labute approximate surface area is 316 Å². The molecule has 12 heteroatoms. The monoisotopic (exact) mass is 744 g/mol. The average Bonchev–Trinajstić information content (AvgIpc) is 3.81. The van der Waals surface area contributed by atoms with Gasteiger partial charge in [0, 0.05) is 19.2 Å². The van der Waals surface area contributed by atoms with Crippen molar-refractivity contribution >= 4 is 35.7 Å². The number of nitrogens with one attached hydrogen (secondary N) is 2. The van der Waals surface area contributed by atoms with Gasteiger partial charge in [0.25, 0.3) is 0 Å². The molecule has 4 aromatic rings. The van der Waals surface area contributed by atoms with Crippen LogP contribution in [0.15, 0.2) is 78.3 Å². The standard InChI is InChI=1S/C23H27NO5.C17H21N3OS.CH4O/c1-23(2,3)21(15-26)24-22(27)16-28-12-13-29-20-10-8-19(9-11-20)18-6-4-17(14-25)5-7-18;1-12-16(22-11-19-12)14-7-5-13(6-8-14)10-18-17(21)15-4-3-9-20(15)2;1-2/h4-11,14-15,21H,12-13,16H2,1-3H3,(H,24,27);5-8,11,15H,3-4,9-10H2,1-2H3,(H,18,21);2H,1H3. The molecule has 1 aliphatic rings. The van der Waals surface area contributed by atoms with E-state index < -0.39 is 6.04 Å². The maximum Gasteiger partial charge on any atom is 0.246 e. The summed E-state index contributed by atoms with van der Waals surface area (Å²) in [6, 6.07) is 22.8. The summed E-state index contributed by atoms with van der Waals surface area (Å²) in [6.45, 7) is 9.70. The lowest BCUT2D eigenvalue weighted by Gasteiger charge is -2.26. The van der Waals surface area contributed by atoms with Crippen molar-refractivity contribution in [2.45, 2.75) is 59.2 Å². The Balaban J connectivity index is 0.000000281. The number of ether oxygens (including phenoxy) is 2. The highest BCUT2D eigenvalue weighted by atomic mass is 32.1. The maximum atomic E-state index is 12.2. The Kier molecular flexibility index (Phi) is 17.5. The minimum Gasteiger partial charge on any atom is -0.491 e. The van der Waals surface area contributed by atoms with Crippen molar-refractivity contribution < 1.29 is 33.8 Å². The number of nitrogens with zero attached hydrogens (tertiary/aromatic N) is 2. The molecule has 0 spiro atoms. The van der Waals surface area contributed by atoms with Crippen molar-refractivity contribution in [3.05, 3.63) is 95.1 Å². The van der Waals surface area contributed by atoms with E-state index in [0.717, 1.165) is 61.5 Å². The summed E-state index contributed by atoms with van der Waals surface area (Å²) in [7, 11) is 3.02. The lowest BCUT2D eigenvalue weighted by Crippen LogP contribution is -2.46. The largest absolute Gasteiger partial charge is 0.491 e. The number of rotatable bonds is 14. The van der Waals surface area contributed by atoms with Crippen LogP contribution in [0.25, 0.3) is 21.6 Å². The van der Waals surface area contributed by atoms with Gasteiger partial charge in [0.1, 0.15) is 31.5 Å². The van der Waals surface area contributed by atoms with Crippen molar-refractivity contribution in [3.63, 3.8) is 0 Å².